The third kappa shape index (κ3) is 8.64. The summed E-state index contributed by atoms with van der Waals surface area (Å²) >= 11 is 1.48. The second-order valence-corrected chi connectivity index (χ2v) is 9.90. The van der Waals surface area contributed by atoms with E-state index in [2.05, 4.69) is 17.0 Å². The molecule has 0 radical (unpaired) electrons. The summed E-state index contributed by atoms with van der Waals surface area (Å²) in [6.07, 6.45) is 1.35. The van der Waals surface area contributed by atoms with E-state index in [1.165, 1.54) is 16.7 Å². The van der Waals surface area contributed by atoms with Crippen LogP contribution < -0.4 is 19.7 Å². The Morgan fingerprint density at radius 2 is 1.95 bits per heavy atom. The summed E-state index contributed by atoms with van der Waals surface area (Å²) in [5, 5.41) is 4.69. The van der Waals surface area contributed by atoms with Crippen LogP contribution in [-0.4, -0.2) is 61.3 Å². The van der Waals surface area contributed by atoms with E-state index in [9.17, 15) is 9.59 Å². The number of anilines is 2. The van der Waals surface area contributed by atoms with Gasteiger partial charge in [-0.15, -0.1) is 11.8 Å². The Labute approximate surface area is 235 Å². The van der Waals surface area contributed by atoms with Gasteiger partial charge in [0.15, 0.2) is 0 Å². The topological polar surface area (TPSA) is 106 Å². The third-order valence-electron chi connectivity index (χ3n) is 5.35. The van der Waals surface area contributed by atoms with E-state index in [4.69, 9.17) is 19.2 Å². The number of hydrogen-bond donors (Lipinski definition) is 1. The Balaban J connectivity index is 0.00000260. The number of fused-ring (bicyclic) bond motifs is 1. The number of methoxy groups -OCH3 is 2. The molecule has 1 aromatic carbocycles. The number of rotatable bonds is 9. The first kappa shape index (κ1) is 31.5. The molecule has 212 valence electrons. The fourth-order valence-corrected chi connectivity index (χ4v) is 4.04. The van der Waals surface area contributed by atoms with E-state index in [1.807, 2.05) is 31.6 Å². The Hall–Kier alpha value is -3.73. The minimum absolute atomic E-state index is 0.144. The quantitative estimate of drug-likeness (QED) is 0.360. The molecule has 2 heterocycles. The monoisotopic (exact) mass is 557 g/mol. The predicted molar refractivity (Wildman–Crippen MR) is 158 cm³/mol. The van der Waals surface area contributed by atoms with E-state index in [-0.39, 0.29) is 25.7 Å². The highest BCUT2D eigenvalue weighted by Crippen LogP contribution is 2.30. The molecule has 1 aromatic heterocycles. The number of carbonyl (C=O) groups excluding carboxylic acids is 2. The zero-order chi connectivity index (χ0) is 29.2. The SMILES string of the molecule is C=N/C(=C\SC)CN1Cc2nc(N(Cc3ccc(OC)cc3OC)C(=O)OC(C)(C)C)ccc2NC1=O.CC. The largest absolute Gasteiger partial charge is 0.497 e. The number of aromatic nitrogens is 1. The highest BCUT2D eigenvalue weighted by molar-refractivity contribution is 8.01. The zero-order valence-corrected chi connectivity index (χ0v) is 24.8. The zero-order valence-electron chi connectivity index (χ0n) is 24.0. The number of ether oxygens (including phenoxy) is 3. The number of thioether (sulfide) groups is 1. The van der Waals surface area contributed by atoms with E-state index in [0.717, 1.165) is 5.56 Å². The van der Waals surface area contributed by atoms with Gasteiger partial charge in [0.05, 0.1) is 50.9 Å². The van der Waals surface area contributed by atoms with Crippen LogP contribution >= 0.6 is 11.8 Å². The number of hydrogen-bond acceptors (Lipinski definition) is 8. The fourth-order valence-electron chi connectivity index (χ4n) is 3.61. The van der Waals surface area contributed by atoms with Crippen molar-refractivity contribution in [3.05, 3.63) is 52.7 Å². The molecular weight excluding hydrogens is 518 g/mol. The molecule has 0 saturated heterocycles. The highest BCUT2D eigenvalue weighted by Gasteiger charge is 2.29. The van der Waals surface area contributed by atoms with Crippen molar-refractivity contribution in [2.75, 3.05) is 37.2 Å². The summed E-state index contributed by atoms with van der Waals surface area (Å²) in [5.41, 5.74) is 1.89. The van der Waals surface area contributed by atoms with Gasteiger partial charge in [-0.1, -0.05) is 13.8 Å². The van der Waals surface area contributed by atoms with Gasteiger partial charge in [0.1, 0.15) is 22.9 Å². The van der Waals surface area contributed by atoms with E-state index >= 15 is 0 Å². The average Bonchev–Trinajstić information content (AvgIpc) is 2.91. The molecule has 0 fully saturated rings. The van der Waals surface area contributed by atoms with Crippen LogP contribution in [0.1, 0.15) is 45.9 Å². The summed E-state index contributed by atoms with van der Waals surface area (Å²) in [6.45, 7) is 13.7. The van der Waals surface area contributed by atoms with E-state index < -0.39 is 11.7 Å². The van der Waals surface area contributed by atoms with Gasteiger partial charge in [-0.3, -0.25) is 9.89 Å². The number of benzene rings is 1. The van der Waals surface area contributed by atoms with Crippen molar-refractivity contribution in [2.24, 2.45) is 4.99 Å². The molecule has 0 spiro atoms. The number of nitrogens with one attached hydrogen (secondary N) is 1. The van der Waals surface area contributed by atoms with E-state index in [0.29, 0.717) is 34.4 Å². The van der Waals surface area contributed by atoms with E-state index in [1.54, 1.807) is 64.2 Å². The molecule has 0 unspecified atom stereocenters. The summed E-state index contributed by atoms with van der Waals surface area (Å²) in [4.78, 5) is 37.7. The van der Waals surface area contributed by atoms with Gasteiger partial charge < -0.3 is 24.4 Å². The Morgan fingerprint density at radius 1 is 1.23 bits per heavy atom. The summed E-state index contributed by atoms with van der Waals surface area (Å²) in [6, 6.07) is 8.54. The van der Waals surface area contributed by atoms with Crippen LogP contribution in [0.25, 0.3) is 0 Å². The lowest BCUT2D eigenvalue weighted by atomic mass is 10.1. The molecule has 11 heteroatoms. The number of nitrogens with zero attached hydrogens (tertiary/aromatic N) is 4. The average molecular weight is 558 g/mol. The van der Waals surface area contributed by atoms with Gasteiger partial charge in [0.25, 0.3) is 0 Å². The Bertz CT molecular complexity index is 1200. The Kier molecular flexibility index (Phi) is 11.7. The van der Waals surface area contributed by atoms with Crippen molar-refractivity contribution in [2.45, 2.75) is 53.3 Å². The first-order valence-electron chi connectivity index (χ1n) is 12.5. The molecule has 3 rings (SSSR count). The molecule has 1 N–H and O–H groups in total. The van der Waals surface area contributed by atoms with Crippen molar-refractivity contribution >= 4 is 42.1 Å². The van der Waals surface area contributed by atoms with Crippen LogP contribution in [-0.2, 0) is 17.8 Å². The van der Waals surface area contributed by atoms with Crippen LogP contribution in [0.2, 0.25) is 0 Å². The molecule has 1 aliphatic heterocycles. The molecule has 0 bridgehead atoms. The van der Waals surface area contributed by atoms with Crippen LogP contribution in [0.15, 0.2) is 46.4 Å². The van der Waals surface area contributed by atoms with Crippen LogP contribution in [0.3, 0.4) is 0 Å². The molecule has 3 amide bonds. The minimum atomic E-state index is -0.712. The van der Waals surface area contributed by atoms with Gasteiger partial charge >= 0.3 is 12.1 Å². The van der Waals surface area contributed by atoms with Gasteiger partial charge in [-0.2, -0.15) is 0 Å². The highest BCUT2D eigenvalue weighted by atomic mass is 32.2. The number of carbonyl (C=O) groups is 2. The molecule has 0 aliphatic carbocycles. The van der Waals surface area contributed by atoms with Gasteiger partial charge in [0, 0.05) is 11.6 Å². The van der Waals surface area contributed by atoms with Crippen molar-refractivity contribution in [1.29, 1.82) is 0 Å². The number of urea groups is 1. The standard InChI is InChI=1S/C26H33N5O5S.C2H6/c1-26(2,3)36-25(33)31(13-17-8-9-19(34-5)12-22(17)35-6)23-11-10-20-21(28-23)15-30(24(32)29-20)14-18(27-4)16-37-7;1-2/h8-12,16H,4,13-15H2,1-3,5-7H3,(H,29,32);1-2H3/b18-16-;. The summed E-state index contributed by atoms with van der Waals surface area (Å²) < 4.78 is 16.5. The molecule has 10 nitrogen and oxygen atoms in total. The molecule has 0 atom stereocenters. The second-order valence-electron chi connectivity index (χ2n) is 9.20. The molecule has 1 aliphatic rings. The number of pyridine rings is 1. The first-order chi connectivity index (χ1) is 18.6. The fraction of sp³-hybridized carbons (Fsp3) is 0.429. The number of aliphatic imine (C=N–C) groups is 1. The van der Waals surface area contributed by atoms with Crippen molar-refractivity contribution < 1.29 is 23.8 Å². The summed E-state index contributed by atoms with van der Waals surface area (Å²) in [5.74, 6) is 1.58. The maximum atomic E-state index is 13.3. The molecule has 0 saturated carbocycles. The first-order valence-corrected chi connectivity index (χ1v) is 13.8. The molecule has 39 heavy (non-hydrogen) atoms. The lowest BCUT2D eigenvalue weighted by Crippen LogP contribution is -2.41. The number of amides is 3. The lowest BCUT2D eigenvalue weighted by Gasteiger charge is -2.31. The normalized spacial score (nSPS) is 12.9. The van der Waals surface area contributed by atoms with Gasteiger partial charge in [0.2, 0.25) is 0 Å². The maximum absolute atomic E-state index is 13.3. The van der Waals surface area contributed by atoms with Crippen LogP contribution in [0, 0.1) is 0 Å². The smallest absolute Gasteiger partial charge is 0.416 e. The molecule has 2 aromatic rings. The van der Waals surface area contributed by atoms with Crippen molar-refractivity contribution in [3.63, 3.8) is 0 Å². The summed E-state index contributed by atoms with van der Waals surface area (Å²) in [7, 11) is 3.13. The molecular formula is C28H39N5O5S. The minimum Gasteiger partial charge on any atom is -0.497 e. The van der Waals surface area contributed by atoms with Gasteiger partial charge in [-0.25, -0.2) is 14.6 Å². The van der Waals surface area contributed by atoms with Gasteiger partial charge in [-0.05, 0) is 63.4 Å². The lowest BCUT2D eigenvalue weighted by molar-refractivity contribution is 0.0576. The van der Waals surface area contributed by atoms with Crippen molar-refractivity contribution in [3.8, 4) is 11.5 Å². The second kappa shape index (κ2) is 14.4. The maximum Gasteiger partial charge on any atom is 0.416 e. The van der Waals surface area contributed by atoms with Crippen LogP contribution in [0.4, 0.5) is 21.1 Å². The Morgan fingerprint density at radius 3 is 2.54 bits per heavy atom. The third-order valence-corrected chi connectivity index (χ3v) is 5.86. The predicted octanol–water partition coefficient (Wildman–Crippen LogP) is 6.32. The van der Waals surface area contributed by atoms with Crippen molar-refractivity contribution in [1.82, 2.24) is 9.88 Å². The van der Waals surface area contributed by atoms with Crippen LogP contribution in [0.5, 0.6) is 11.5 Å².